The Balaban J connectivity index is 1.13. The topological polar surface area (TPSA) is 579 Å². The molecule has 0 radical (unpaired) electrons. The van der Waals surface area contributed by atoms with Gasteiger partial charge in [-0.1, -0.05) is 59.3 Å². The zero-order valence-electron chi connectivity index (χ0n) is 74.4. The van der Waals surface area contributed by atoms with Gasteiger partial charge >= 0.3 is 0 Å². The van der Waals surface area contributed by atoms with Gasteiger partial charge in [0.2, 0.25) is 65.0 Å². The van der Waals surface area contributed by atoms with Crippen molar-refractivity contribution in [3.05, 3.63) is 0 Å². The fourth-order valence-corrected chi connectivity index (χ4v) is 16.1. The quantitative estimate of drug-likeness (QED) is 0.0283. The molecule has 0 spiro atoms. The fraction of sp³-hybridized carbons (Fsp3) is 0.871. The monoisotopic (exact) mass is 1790 g/mol. The van der Waals surface area contributed by atoms with Gasteiger partial charge in [0.25, 0.3) is 0 Å². The number of unbranched alkanes of at least 4 members (excludes halogenated alkanes) is 10. The number of likely N-dealkylation sites (tertiary alicyclic amines) is 2. The minimum atomic E-state index is -1.46. The summed E-state index contributed by atoms with van der Waals surface area (Å²) >= 11 is 0. The lowest BCUT2D eigenvalue weighted by Gasteiger charge is -2.43. The number of β-amino-alcohol motifs (C(OH)–C–C–N with tert-alkyl or cyclic N) is 1. The minimum absolute atomic E-state index is 0.00150. The number of hydrogen-bond acceptors (Lipinski definition) is 29. The summed E-state index contributed by atoms with van der Waals surface area (Å²) in [5, 5.41) is 127. The van der Waals surface area contributed by atoms with Crippen molar-refractivity contribution in [3.8, 4) is 0 Å². The van der Waals surface area contributed by atoms with E-state index in [0.717, 1.165) is 51.4 Å². The van der Waals surface area contributed by atoms with Crippen LogP contribution in [0, 0.1) is 17.3 Å². The van der Waals surface area contributed by atoms with Crippen LogP contribution in [-0.4, -0.2) is 361 Å². The Bertz CT molecular complexity index is 3190. The summed E-state index contributed by atoms with van der Waals surface area (Å²) in [5.41, 5.74) is 0.0353. The summed E-state index contributed by atoms with van der Waals surface area (Å²) in [7, 11) is 0. The second-order valence-corrected chi connectivity index (χ2v) is 34.7. The highest BCUT2D eigenvalue weighted by molar-refractivity contribution is 5.79. The molecule has 4 heterocycles. The number of carbonyl (C=O) groups excluding carboxylic acids is 11. The average Bonchev–Trinajstić information content (AvgIpc) is 1.95. The highest BCUT2D eigenvalue weighted by Gasteiger charge is 2.49. The molecule has 0 aromatic carbocycles. The summed E-state index contributed by atoms with van der Waals surface area (Å²) in [4.78, 5) is 145. The van der Waals surface area contributed by atoms with E-state index in [4.69, 9.17) is 37.9 Å². The molecule has 19 N–H and O–H groups in total. The highest BCUT2D eigenvalue weighted by Crippen LogP contribution is 2.33. The van der Waals surface area contributed by atoms with Crippen molar-refractivity contribution in [2.45, 2.75) is 331 Å². The van der Waals surface area contributed by atoms with Crippen LogP contribution in [0.3, 0.4) is 0 Å². The molecule has 1 saturated carbocycles. The zero-order valence-corrected chi connectivity index (χ0v) is 74.4. The molecular formula is C85H151N11O29. The van der Waals surface area contributed by atoms with Gasteiger partial charge in [-0.05, 0) is 95.3 Å². The number of hydrogen-bond donors (Lipinski definition) is 19. The van der Waals surface area contributed by atoms with E-state index in [2.05, 4.69) is 68.6 Å². The number of piperidine rings is 1. The third-order valence-corrected chi connectivity index (χ3v) is 22.8. The van der Waals surface area contributed by atoms with E-state index in [1.165, 1.54) is 20.8 Å². The Kier molecular flexibility index (Phi) is 52.6. The SMILES string of the molecule is CC(=O)N[C@@H]1[C@@H](O)[C@@H](O)[C@@H](CO)C[C@H]1OCCCCC(=O)NCCCNC(=O)CCO[C@@H]1CN(C(=O)CCCCCCCCCCC(=O)N2C[C@H](O)C[C@H]2CC(C)(C)C)C[C@H](COCCC(=O)NCCCNC(=O)CCCCO[C@@H]2O[C@H](CO)[C@H](O)[C@H](O)[C@H]2NC(C)=O)[C@H]1OCCC(=O)NCCCNC(=O)CCCCO[C@@H]1O[C@H](CO)[C@H](O)[C@H](O)[C@H]1NC(C)=O. The third kappa shape index (κ3) is 42.3. The third-order valence-electron chi connectivity index (χ3n) is 22.8. The largest absolute Gasteiger partial charge is 0.396 e. The lowest BCUT2D eigenvalue weighted by atomic mass is 9.79. The molecule has 5 aliphatic rings. The number of aliphatic hydroxyl groups excluding tert-OH is 10. The highest BCUT2D eigenvalue weighted by atomic mass is 16.7. The van der Waals surface area contributed by atoms with E-state index in [9.17, 15) is 104 Å². The Hall–Kier alpha value is -6.55. The number of rotatable bonds is 61. The van der Waals surface area contributed by atoms with Crippen LogP contribution in [0.25, 0.3) is 0 Å². The summed E-state index contributed by atoms with van der Waals surface area (Å²) in [5.74, 6) is -4.33. The molecule has 20 atom stereocenters. The van der Waals surface area contributed by atoms with Crippen molar-refractivity contribution in [2.75, 3.05) is 125 Å². The van der Waals surface area contributed by atoms with Crippen LogP contribution in [0.2, 0.25) is 0 Å². The molecule has 0 bridgehead atoms. The van der Waals surface area contributed by atoms with Gasteiger partial charge < -0.3 is 147 Å². The van der Waals surface area contributed by atoms with Gasteiger partial charge in [0.05, 0.1) is 70.1 Å². The lowest BCUT2D eigenvalue weighted by Crippen LogP contribution is -2.64. The van der Waals surface area contributed by atoms with Crippen molar-refractivity contribution >= 4 is 65.0 Å². The molecule has 40 nitrogen and oxygen atoms in total. The molecule has 4 saturated heterocycles. The number of aliphatic hydroxyl groups is 10. The molecule has 0 aromatic heterocycles. The summed E-state index contributed by atoms with van der Waals surface area (Å²) in [6.45, 7) is 10.9. The van der Waals surface area contributed by atoms with Gasteiger partial charge in [-0.2, -0.15) is 0 Å². The molecule has 125 heavy (non-hydrogen) atoms. The first-order chi connectivity index (χ1) is 59.7. The molecule has 0 unspecified atom stereocenters. The molecule has 4 aliphatic heterocycles. The maximum absolute atomic E-state index is 14.3. The molecule has 11 amide bonds. The summed E-state index contributed by atoms with van der Waals surface area (Å²) in [6.07, 6.45) is -2.45. The number of amides is 11. The first-order valence-electron chi connectivity index (χ1n) is 45.3. The maximum Gasteiger partial charge on any atom is 0.222 e. The minimum Gasteiger partial charge on any atom is -0.396 e. The predicted molar refractivity (Wildman–Crippen MR) is 451 cm³/mol. The Morgan fingerprint density at radius 2 is 0.752 bits per heavy atom. The number of nitrogens with one attached hydrogen (secondary N) is 9. The van der Waals surface area contributed by atoms with Crippen LogP contribution in [0.5, 0.6) is 0 Å². The van der Waals surface area contributed by atoms with E-state index >= 15 is 0 Å². The second-order valence-electron chi connectivity index (χ2n) is 34.7. The number of ether oxygens (including phenoxy) is 8. The number of carbonyl (C=O) groups is 11. The second kappa shape index (κ2) is 60.4. The van der Waals surface area contributed by atoms with Gasteiger partial charge in [-0.3, -0.25) is 52.7 Å². The van der Waals surface area contributed by atoms with E-state index < -0.39 is 147 Å². The first kappa shape index (κ1) is 109. The van der Waals surface area contributed by atoms with Gasteiger partial charge in [0, 0.05) is 175 Å². The van der Waals surface area contributed by atoms with Gasteiger partial charge in [0.1, 0.15) is 60.9 Å². The van der Waals surface area contributed by atoms with Crippen LogP contribution in [-0.2, 0) is 90.6 Å². The molecule has 720 valence electrons. The molecule has 5 rings (SSSR count). The molecule has 0 aromatic rings. The average molecular weight is 1790 g/mol. The fourth-order valence-electron chi connectivity index (χ4n) is 16.1. The van der Waals surface area contributed by atoms with Crippen LogP contribution < -0.4 is 47.9 Å². The smallest absolute Gasteiger partial charge is 0.222 e. The molecule has 1 aliphatic carbocycles. The van der Waals surface area contributed by atoms with Crippen molar-refractivity contribution in [1.82, 2.24) is 57.7 Å². The van der Waals surface area contributed by atoms with Gasteiger partial charge in [-0.15, -0.1) is 0 Å². The van der Waals surface area contributed by atoms with E-state index in [1.807, 2.05) is 4.90 Å². The lowest BCUT2D eigenvalue weighted by molar-refractivity contribution is -0.270. The van der Waals surface area contributed by atoms with E-state index in [-0.39, 0.29) is 215 Å². The van der Waals surface area contributed by atoms with Crippen LogP contribution in [0.1, 0.15) is 221 Å². The Morgan fingerprint density at radius 3 is 1.18 bits per heavy atom. The predicted octanol–water partition coefficient (Wildman–Crippen LogP) is -2.38. The van der Waals surface area contributed by atoms with Crippen molar-refractivity contribution in [3.63, 3.8) is 0 Å². The van der Waals surface area contributed by atoms with Crippen LogP contribution in [0.15, 0.2) is 0 Å². The Morgan fingerprint density at radius 1 is 0.368 bits per heavy atom. The van der Waals surface area contributed by atoms with Gasteiger partial charge in [0.15, 0.2) is 12.6 Å². The van der Waals surface area contributed by atoms with Crippen molar-refractivity contribution in [1.29, 1.82) is 0 Å². The van der Waals surface area contributed by atoms with E-state index in [1.54, 1.807) is 4.90 Å². The number of nitrogens with zero attached hydrogens (tertiary/aromatic N) is 2. The molecular weight excluding hydrogens is 1640 g/mol. The normalized spacial score (nSPS) is 26.9. The van der Waals surface area contributed by atoms with Crippen LogP contribution in [0.4, 0.5) is 0 Å². The van der Waals surface area contributed by atoms with Crippen LogP contribution >= 0.6 is 0 Å². The summed E-state index contributed by atoms with van der Waals surface area (Å²) < 4.78 is 47.8. The van der Waals surface area contributed by atoms with Crippen molar-refractivity contribution < 1.29 is 142 Å². The Labute approximate surface area is 734 Å². The standard InChI is InChI=1S/C85H151N11O29/c1-54(100)92-73-61(44-57(50-97)76(112)79(73)115)119-38-18-15-24-65(104)86-33-22-36-90-69(108)30-42-120-62-49-95(71(110)27-13-11-9-7-8-10-12-14-28-72(111)96-48-60(103)45-59(96)46-85(4,5)6)47-58(53-118-41-29-68(107)89-35-21-32-87-66(105)25-16-19-39-122-83-74(93-55(2)101)80(116)77(113)63(51-98)124-83)82(62)121-43-31-70(109)91-37-23-34-88-67(106)26-17-20-40-123-84-75(94-56(3)102)81(117)78(114)64(52-99)125-84/h57-64,73-84,97-99,103,112-117H,7-53H2,1-6H3,(H,86,104)(H,87,105)(H,88,106)(H,89,107)(H,90,108)(H,91,109)(H,92,100)(H,93,101)(H,94,102)/t57-,58-,59+,60-,61-,62-,63-,64-,73+,74-,75-,76+,77+,78+,79-,80-,81-,82-,83-,84-/m1/s1. The first-order valence-corrected chi connectivity index (χ1v) is 45.3. The molecule has 40 heteroatoms. The van der Waals surface area contributed by atoms with E-state index in [0.29, 0.717) is 83.6 Å². The van der Waals surface area contributed by atoms with Crippen molar-refractivity contribution in [2.24, 2.45) is 17.3 Å². The maximum atomic E-state index is 14.3. The zero-order chi connectivity index (χ0) is 91.8. The van der Waals surface area contributed by atoms with Gasteiger partial charge in [-0.25, -0.2) is 0 Å². The molecule has 5 fully saturated rings. The summed E-state index contributed by atoms with van der Waals surface area (Å²) in [6, 6.07) is -3.01.